The summed E-state index contributed by atoms with van der Waals surface area (Å²) in [5.41, 5.74) is 2.57. The maximum Gasteiger partial charge on any atom is 0.411 e. The van der Waals surface area contributed by atoms with Crippen LogP contribution in [0.4, 0.5) is 4.79 Å². The second-order valence-corrected chi connectivity index (χ2v) is 12.2. The van der Waals surface area contributed by atoms with E-state index in [4.69, 9.17) is 9.47 Å². The van der Waals surface area contributed by atoms with Gasteiger partial charge in [0.15, 0.2) is 0 Å². The van der Waals surface area contributed by atoms with Crippen LogP contribution in [-0.2, 0) is 21.5 Å². The minimum Gasteiger partial charge on any atom is -0.496 e. The molecule has 1 heterocycles. The lowest BCUT2D eigenvalue weighted by molar-refractivity contribution is -0.144. The molecule has 1 fully saturated rings. The summed E-state index contributed by atoms with van der Waals surface area (Å²) in [4.78, 5) is 27.7. The lowest BCUT2D eigenvalue weighted by atomic mass is 9.72. The number of rotatable bonds is 8. The molecule has 1 saturated heterocycles. The zero-order valence-electron chi connectivity index (χ0n) is 24.1. The number of amides is 1. The Kier molecular flexibility index (Phi) is 9.13. The number of carbonyl (C=O) groups excluding carboxylic acids is 1. The quantitative estimate of drug-likeness (QED) is 0.429. The number of nitrogens with one attached hydrogen (secondary N) is 1. The first-order valence-corrected chi connectivity index (χ1v) is 13.4. The molecule has 1 aliphatic heterocycles. The highest BCUT2D eigenvalue weighted by Crippen LogP contribution is 2.48. The topological polar surface area (TPSA) is 88.1 Å². The van der Waals surface area contributed by atoms with Crippen LogP contribution in [0.3, 0.4) is 0 Å². The second-order valence-electron chi connectivity index (χ2n) is 12.2. The third kappa shape index (κ3) is 6.32. The maximum absolute atomic E-state index is 13.4. The third-order valence-corrected chi connectivity index (χ3v) is 7.38. The van der Waals surface area contributed by atoms with Crippen molar-refractivity contribution in [2.45, 2.75) is 85.0 Å². The molecule has 208 valence electrons. The van der Waals surface area contributed by atoms with Gasteiger partial charge in [-0.3, -0.25) is 4.90 Å². The number of aliphatic carboxylic acids is 1. The highest BCUT2D eigenvalue weighted by molar-refractivity contribution is 5.82. The summed E-state index contributed by atoms with van der Waals surface area (Å²) < 4.78 is 11.2. The van der Waals surface area contributed by atoms with Crippen LogP contribution in [0.15, 0.2) is 48.5 Å². The van der Waals surface area contributed by atoms with Crippen molar-refractivity contribution in [2.75, 3.05) is 13.7 Å². The molecule has 2 aromatic carbocycles. The maximum atomic E-state index is 13.4. The van der Waals surface area contributed by atoms with Crippen LogP contribution < -0.4 is 10.1 Å². The summed E-state index contributed by atoms with van der Waals surface area (Å²) in [5.74, 6) is -0.659. The highest BCUT2D eigenvalue weighted by atomic mass is 16.6. The first-order valence-electron chi connectivity index (χ1n) is 13.4. The minimum atomic E-state index is -1.05. The molecule has 0 aliphatic carbocycles. The number of benzene rings is 2. The number of hydrogen-bond donors (Lipinski definition) is 2. The van der Waals surface area contributed by atoms with E-state index in [2.05, 4.69) is 38.2 Å². The van der Waals surface area contributed by atoms with Gasteiger partial charge in [-0.05, 0) is 34.4 Å². The molecular weight excluding hydrogens is 480 g/mol. The number of nitrogens with zero attached hydrogens (tertiary/aromatic N) is 1. The van der Waals surface area contributed by atoms with Crippen LogP contribution >= 0.6 is 0 Å². The van der Waals surface area contributed by atoms with E-state index in [1.807, 2.05) is 64.1 Å². The Balaban J connectivity index is 2.12. The smallest absolute Gasteiger partial charge is 0.411 e. The Labute approximate surface area is 227 Å². The first-order chi connectivity index (χ1) is 17.8. The molecule has 2 aromatic rings. The van der Waals surface area contributed by atoms with Crippen molar-refractivity contribution in [3.05, 3.63) is 65.2 Å². The molecular formula is C31H44N2O5. The molecule has 7 nitrogen and oxygen atoms in total. The summed E-state index contributed by atoms with van der Waals surface area (Å²) >= 11 is 0. The van der Waals surface area contributed by atoms with Gasteiger partial charge in [0.2, 0.25) is 0 Å². The molecule has 0 unspecified atom stereocenters. The van der Waals surface area contributed by atoms with E-state index >= 15 is 0 Å². The van der Waals surface area contributed by atoms with Gasteiger partial charge in [-0.25, -0.2) is 9.59 Å². The Morgan fingerprint density at radius 2 is 1.68 bits per heavy atom. The molecule has 0 saturated carbocycles. The fourth-order valence-electron chi connectivity index (χ4n) is 5.56. The van der Waals surface area contributed by atoms with Crippen molar-refractivity contribution in [2.24, 2.45) is 11.3 Å². The summed E-state index contributed by atoms with van der Waals surface area (Å²) in [6.45, 7) is 15.2. The monoisotopic (exact) mass is 524 g/mol. The largest absolute Gasteiger partial charge is 0.496 e. The predicted molar refractivity (Wildman–Crippen MR) is 149 cm³/mol. The average molecular weight is 525 g/mol. The molecule has 0 bridgehead atoms. The highest BCUT2D eigenvalue weighted by Gasteiger charge is 2.58. The number of carboxylic acids is 1. The van der Waals surface area contributed by atoms with E-state index in [0.717, 1.165) is 16.9 Å². The SMILES string of the molecule is CCCOC(=O)N1[C@H](C(=O)O)[C@@H](C(C)(C)C)[C@H](NCc2cc(C(C)(C)C)ccc2OC)[C@@H]1c1ccccc1. The fourth-order valence-corrected chi connectivity index (χ4v) is 5.56. The summed E-state index contributed by atoms with van der Waals surface area (Å²) in [7, 11) is 1.65. The van der Waals surface area contributed by atoms with Crippen LogP contribution in [0.2, 0.25) is 0 Å². The number of carboxylic acid groups (broad SMARTS) is 1. The number of carbonyl (C=O) groups is 2. The lowest BCUT2D eigenvalue weighted by Gasteiger charge is -2.35. The van der Waals surface area contributed by atoms with Gasteiger partial charge >= 0.3 is 12.1 Å². The van der Waals surface area contributed by atoms with Crippen molar-refractivity contribution < 1.29 is 24.2 Å². The number of methoxy groups -OCH3 is 1. The number of hydrogen-bond acceptors (Lipinski definition) is 5. The molecule has 0 aromatic heterocycles. The standard InChI is InChI=1S/C31H44N2O5/c1-9-17-38-29(36)33-26(20-13-11-10-12-14-20)25(24(31(5,6)7)27(33)28(34)35)32-19-21-18-22(30(2,3)4)15-16-23(21)37-8/h10-16,18,24-27,32H,9,17,19H2,1-8H3,(H,34,35)/t24-,25-,26-,27-/m0/s1. The fraction of sp³-hybridized carbons (Fsp3) is 0.548. The zero-order valence-corrected chi connectivity index (χ0v) is 24.1. The van der Waals surface area contributed by atoms with Gasteiger partial charge in [-0.1, -0.05) is 90.9 Å². The average Bonchev–Trinajstić information content (AvgIpc) is 3.22. The summed E-state index contributed by atoms with van der Waals surface area (Å²) in [6.07, 6.45) is 0.0562. The molecule has 3 rings (SSSR count). The van der Waals surface area contributed by atoms with Crippen molar-refractivity contribution >= 4 is 12.1 Å². The molecule has 7 heteroatoms. The van der Waals surface area contributed by atoms with Gasteiger partial charge in [0.25, 0.3) is 0 Å². The van der Waals surface area contributed by atoms with Crippen LogP contribution in [0.25, 0.3) is 0 Å². The Morgan fingerprint density at radius 1 is 1.03 bits per heavy atom. The Morgan fingerprint density at radius 3 is 2.21 bits per heavy atom. The van der Waals surface area contributed by atoms with Gasteiger partial charge in [-0.2, -0.15) is 0 Å². The molecule has 4 atom stereocenters. The molecule has 0 spiro atoms. The first kappa shape index (κ1) is 29.5. The molecule has 2 N–H and O–H groups in total. The molecule has 1 amide bonds. The van der Waals surface area contributed by atoms with Crippen LogP contribution in [0.1, 0.15) is 77.6 Å². The summed E-state index contributed by atoms with van der Waals surface area (Å²) in [5, 5.41) is 14.2. The van der Waals surface area contributed by atoms with Crippen molar-refractivity contribution in [3.63, 3.8) is 0 Å². The normalized spacial score (nSPS) is 21.8. The number of likely N-dealkylation sites (tertiary alicyclic amines) is 1. The summed E-state index contributed by atoms with van der Waals surface area (Å²) in [6, 6.07) is 13.9. The molecule has 1 aliphatic rings. The zero-order chi connectivity index (χ0) is 28.3. The van der Waals surface area contributed by atoms with Gasteiger partial charge in [0, 0.05) is 24.1 Å². The second kappa shape index (κ2) is 11.8. The third-order valence-electron chi connectivity index (χ3n) is 7.38. The predicted octanol–water partition coefficient (Wildman–Crippen LogP) is 6.17. The Hall–Kier alpha value is -3.06. The number of ether oxygens (including phenoxy) is 2. The van der Waals surface area contributed by atoms with Crippen LogP contribution in [0.5, 0.6) is 5.75 Å². The van der Waals surface area contributed by atoms with E-state index < -0.39 is 35.5 Å². The Bertz CT molecular complexity index is 1100. The van der Waals surface area contributed by atoms with Gasteiger partial charge in [0.05, 0.1) is 19.8 Å². The molecule has 38 heavy (non-hydrogen) atoms. The van der Waals surface area contributed by atoms with E-state index in [0.29, 0.717) is 13.0 Å². The van der Waals surface area contributed by atoms with E-state index in [1.54, 1.807) is 7.11 Å². The van der Waals surface area contributed by atoms with E-state index in [-0.39, 0.29) is 18.1 Å². The van der Waals surface area contributed by atoms with Gasteiger partial charge in [-0.15, -0.1) is 0 Å². The van der Waals surface area contributed by atoms with Crippen molar-refractivity contribution in [1.29, 1.82) is 0 Å². The van der Waals surface area contributed by atoms with E-state index in [1.165, 1.54) is 10.5 Å². The van der Waals surface area contributed by atoms with Crippen LogP contribution in [0, 0.1) is 11.3 Å². The molecule has 0 radical (unpaired) electrons. The van der Waals surface area contributed by atoms with E-state index in [9.17, 15) is 14.7 Å². The minimum absolute atomic E-state index is 0.0386. The van der Waals surface area contributed by atoms with Gasteiger partial charge in [0.1, 0.15) is 11.8 Å². The van der Waals surface area contributed by atoms with Crippen molar-refractivity contribution in [1.82, 2.24) is 10.2 Å². The van der Waals surface area contributed by atoms with Crippen LogP contribution in [-0.4, -0.2) is 47.9 Å². The van der Waals surface area contributed by atoms with Gasteiger partial charge < -0.3 is 19.9 Å². The lowest BCUT2D eigenvalue weighted by Crippen LogP contribution is -2.48. The van der Waals surface area contributed by atoms with Crippen molar-refractivity contribution in [3.8, 4) is 5.75 Å².